The zero-order valence-corrected chi connectivity index (χ0v) is 18.6. The van der Waals surface area contributed by atoms with Crippen LogP contribution in [-0.2, 0) is 11.2 Å². The lowest BCUT2D eigenvalue weighted by molar-refractivity contribution is -0.137. The number of carbonyl (C=O) groups is 1. The molecule has 2 saturated heterocycles. The van der Waals surface area contributed by atoms with Gasteiger partial charge in [-0.25, -0.2) is 0 Å². The highest BCUT2D eigenvalue weighted by atomic mass is 35.5. The summed E-state index contributed by atoms with van der Waals surface area (Å²) in [4.78, 5) is 15.6. The minimum absolute atomic E-state index is 0. The van der Waals surface area contributed by atoms with E-state index in [1.165, 1.54) is 24.8 Å². The van der Waals surface area contributed by atoms with E-state index in [2.05, 4.69) is 22.3 Å². The van der Waals surface area contributed by atoms with Gasteiger partial charge < -0.3 is 19.7 Å². The molecule has 1 aromatic rings. The van der Waals surface area contributed by atoms with Crippen molar-refractivity contribution in [2.45, 2.75) is 57.4 Å². The topological polar surface area (TPSA) is 50.8 Å². The summed E-state index contributed by atoms with van der Waals surface area (Å²) in [5.74, 6) is 2.28. The zero-order chi connectivity index (χ0) is 19.6. The molecule has 1 aliphatic carbocycles. The molecular formula is C23H35ClN2O3. The highest BCUT2D eigenvalue weighted by Gasteiger charge is 2.59. The first-order chi connectivity index (χ1) is 13.7. The van der Waals surface area contributed by atoms with E-state index in [1.807, 2.05) is 6.07 Å². The van der Waals surface area contributed by atoms with Crippen LogP contribution in [0.3, 0.4) is 0 Å². The molecule has 1 N–H and O–H groups in total. The summed E-state index contributed by atoms with van der Waals surface area (Å²) in [6.07, 6.45) is 8.99. The lowest BCUT2D eigenvalue weighted by Gasteiger charge is -2.37. The van der Waals surface area contributed by atoms with E-state index in [0.29, 0.717) is 17.4 Å². The van der Waals surface area contributed by atoms with Crippen LogP contribution in [0.5, 0.6) is 11.5 Å². The van der Waals surface area contributed by atoms with Gasteiger partial charge in [0.05, 0.1) is 14.2 Å². The van der Waals surface area contributed by atoms with Gasteiger partial charge >= 0.3 is 0 Å². The summed E-state index contributed by atoms with van der Waals surface area (Å²) < 4.78 is 10.8. The van der Waals surface area contributed by atoms with Gasteiger partial charge in [-0.05, 0) is 87.6 Å². The molecule has 2 aliphatic heterocycles. The summed E-state index contributed by atoms with van der Waals surface area (Å²) in [5.41, 5.74) is 1.57. The third-order valence-electron chi connectivity index (χ3n) is 7.21. The highest BCUT2D eigenvalue weighted by Crippen LogP contribution is 2.59. The van der Waals surface area contributed by atoms with Gasteiger partial charge in [-0.2, -0.15) is 0 Å². The van der Waals surface area contributed by atoms with E-state index >= 15 is 0 Å². The Morgan fingerprint density at radius 2 is 1.93 bits per heavy atom. The number of benzene rings is 1. The molecule has 1 spiro atoms. The number of likely N-dealkylation sites (tertiary alicyclic amines) is 1. The first-order valence-corrected chi connectivity index (χ1v) is 10.9. The number of carbonyl (C=O) groups excluding carboxylic acids is 1. The van der Waals surface area contributed by atoms with Gasteiger partial charge in [0.2, 0.25) is 5.91 Å². The van der Waals surface area contributed by atoms with E-state index in [1.54, 1.807) is 14.2 Å². The lowest BCUT2D eigenvalue weighted by Crippen LogP contribution is -2.46. The molecule has 4 rings (SSSR count). The smallest absolute Gasteiger partial charge is 0.226 e. The van der Waals surface area contributed by atoms with Gasteiger partial charge in [0.25, 0.3) is 0 Å². The van der Waals surface area contributed by atoms with E-state index in [0.717, 1.165) is 63.2 Å². The monoisotopic (exact) mass is 422 g/mol. The van der Waals surface area contributed by atoms with Gasteiger partial charge in [0.1, 0.15) is 0 Å². The maximum absolute atomic E-state index is 13.3. The van der Waals surface area contributed by atoms with Crippen molar-refractivity contribution in [3.8, 4) is 11.5 Å². The Morgan fingerprint density at radius 3 is 2.66 bits per heavy atom. The fraction of sp³-hybridized carbons (Fsp3) is 0.696. The van der Waals surface area contributed by atoms with Crippen molar-refractivity contribution in [1.82, 2.24) is 10.2 Å². The summed E-state index contributed by atoms with van der Waals surface area (Å²) in [6, 6.07) is 6.54. The van der Waals surface area contributed by atoms with Gasteiger partial charge in [-0.15, -0.1) is 12.4 Å². The second kappa shape index (κ2) is 9.57. The van der Waals surface area contributed by atoms with Gasteiger partial charge in [0, 0.05) is 18.5 Å². The Balaban J connectivity index is 0.00000240. The molecule has 3 fully saturated rings. The predicted octanol–water partition coefficient (Wildman–Crippen LogP) is 3.83. The molecule has 3 aliphatic rings. The van der Waals surface area contributed by atoms with Crippen molar-refractivity contribution < 1.29 is 14.3 Å². The molecule has 6 heteroatoms. The van der Waals surface area contributed by atoms with Crippen LogP contribution in [-0.4, -0.2) is 50.7 Å². The average molecular weight is 423 g/mol. The molecule has 1 amide bonds. The number of piperidine rings is 2. The molecule has 1 saturated carbocycles. The van der Waals surface area contributed by atoms with E-state index in [9.17, 15) is 4.79 Å². The standard InChI is InChI=1S/C23H34N2O3.ClH/c1-27-20-9-7-17(15-21(20)28-2)6-8-18-5-3-4-14-25(18)22(26)19-16-23(19)10-12-24-13-11-23;/h7,9,15,18-19,24H,3-6,8,10-14,16H2,1-2H3;1H. The van der Waals surface area contributed by atoms with Crippen LogP contribution >= 0.6 is 12.4 Å². The minimum atomic E-state index is 0. The molecule has 1 aromatic carbocycles. The third-order valence-corrected chi connectivity index (χ3v) is 7.21. The molecule has 2 unspecified atom stereocenters. The van der Waals surface area contributed by atoms with Crippen molar-refractivity contribution in [3.63, 3.8) is 0 Å². The Labute approximate surface area is 180 Å². The summed E-state index contributed by atoms with van der Waals surface area (Å²) in [6.45, 7) is 3.10. The largest absolute Gasteiger partial charge is 0.493 e. The summed E-state index contributed by atoms with van der Waals surface area (Å²) in [7, 11) is 3.34. The molecule has 0 radical (unpaired) electrons. The normalized spacial score (nSPS) is 25.2. The fourth-order valence-electron chi connectivity index (χ4n) is 5.33. The van der Waals surface area contributed by atoms with Crippen molar-refractivity contribution in [3.05, 3.63) is 23.8 Å². The zero-order valence-electron chi connectivity index (χ0n) is 17.7. The predicted molar refractivity (Wildman–Crippen MR) is 117 cm³/mol. The highest BCUT2D eigenvalue weighted by molar-refractivity contribution is 5.85. The molecule has 0 aromatic heterocycles. The second-order valence-corrected chi connectivity index (χ2v) is 8.78. The first-order valence-electron chi connectivity index (χ1n) is 10.9. The number of aryl methyl sites for hydroxylation is 1. The number of hydrogen-bond acceptors (Lipinski definition) is 4. The number of methoxy groups -OCH3 is 2. The maximum atomic E-state index is 13.3. The van der Waals surface area contributed by atoms with Crippen molar-refractivity contribution in [2.75, 3.05) is 33.9 Å². The van der Waals surface area contributed by atoms with E-state index in [4.69, 9.17) is 9.47 Å². The number of nitrogens with zero attached hydrogens (tertiary/aromatic N) is 1. The molecule has 162 valence electrons. The minimum Gasteiger partial charge on any atom is -0.493 e. The average Bonchev–Trinajstić information content (AvgIpc) is 3.44. The van der Waals surface area contributed by atoms with Crippen molar-refractivity contribution in [2.24, 2.45) is 11.3 Å². The first kappa shape index (κ1) is 22.2. The van der Waals surface area contributed by atoms with E-state index in [-0.39, 0.29) is 18.3 Å². The Morgan fingerprint density at radius 1 is 1.17 bits per heavy atom. The summed E-state index contributed by atoms with van der Waals surface area (Å²) in [5, 5.41) is 3.44. The Bertz CT molecular complexity index is 705. The van der Waals surface area contributed by atoms with Crippen LogP contribution < -0.4 is 14.8 Å². The van der Waals surface area contributed by atoms with Crippen LogP contribution in [0.2, 0.25) is 0 Å². The molecule has 5 nitrogen and oxygen atoms in total. The lowest BCUT2D eigenvalue weighted by atomic mass is 9.90. The number of halogens is 1. The quantitative estimate of drug-likeness (QED) is 0.756. The number of rotatable bonds is 6. The summed E-state index contributed by atoms with van der Waals surface area (Å²) >= 11 is 0. The van der Waals surface area contributed by atoms with E-state index < -0.39 is 0 Å². The molecule has 2 heterocycles. The fourth-order valence-corrected chi connectivity index (χ4v) is 5.33. The van der Waals surface area contributed by atoms with Gasteiger partial charge in [-0.3, -0.25) is 4.79 Å². The number of hydrogen-bond donors (Lipinski definition) is 1. The number of nitrogens with one attached hydrogen (secondary N) is 1. The van der Waals surface area contributed by atoms with Crippen molar-refractivity contribution >= 4 is 18.3 Å². The SMILES string of the molecule is COc1ccc(CCC2CCCCN2C(=O)C2CC23CCNCC3)cc1OC.Cl. The number of ether oxygens (including phenoxy) is 2. The van der Waals surface area contributed by atoms with Crippen LogP contribution in [0.4, 0.5) is 0 Å². The molecular weight excluding hydrogens is 388 g/mol. The maximum Gasteiger partial charge on any atom is 0.226 e. The van der Waals surface area contributed by atoms with Crippen LogP contribution in [0.25, 0.3) is 0 Å². The molecule has 2 atom stereocenters. The number of amides is 1. The van der Waals surface area contributed by atoms with Crippen molar-refractivity contribution in [1.29, 1.82) is 0 Å². The Hall–Kier alpha value is -1.46. The van der Waals surface area contributed by atoms with Gasteiger partial charge in [-0.1, -0.05) is 6.07 Å². The second-order valence-electron chi connectivity index (χ2n) is 8.78. The third kappa shape index (κ3) is 4.66. The van der Waals surface area contributed by atoms with Crippen LogP contribution in [0.15, 0.2) is 18.2 Å². The van der Waals surface area contributed by atoms with Gasteiger partial charge in [0.15, 0.2) is 11.5 Å². The molecule has 29 heavy (non-hydrogen) atoms. The van der Waals surface area contributed by atoms with Crippen LogP contribution in [0, 0.1) is 11.3 Å². The molecule has 0 bridgehead atoms. The Kier molecular flexibility index (Phi) is 7.33. The van der Waals surface area contributed by atoms with Crippen LogP contribution in [0.1, 0.15) is 50.5 Å².